The molecular formula is C22H25FN4O3. The molecule has 1 fully saturated rings. The predicted molar refractivity (Wildman–Crippen MR) is 115 cm³/mol. The first kappa shape index (κ1) is 20.2. The quantitative estimate of drug-likeness (QED) is 0.676. The Morgan fingerprint density at radius 3 is 2.47 bits per heavy atom. The van der Waals surface area contributed by atoms with E-state index in [0.717, 1.165) is 11.0 Å². The highest BCUT2D eigenvalue weighted by molar-refractivity contribution is 5.91. The van der Waals surface area contributed by atoms with Gasteiger partial charge in [-0.05, 0) is 37.3 Å². The molecule has 8 heteroatoms. The van der Waals surface area contributed by atoms with Gasteiger partial charge >= 0.3 is 5.69 Å². The van der Waals surface area contributed by atoms with Crippen molar-refractivity contribution in [3.8, 4) is 0 Å². The Balaban J connectivity index is 1.43. The number of hydrogen-bond donors (Lipinski definition) is 1. The number of fused-ring (bicyclic) bond motifs is 1. The molecule has 0 unspecified atom stereocenters. The third-order valence-electron chi connectivity index (χ3n) is 5.39. The molecule has 4 rings (SSSR count). The van der Waals surface area contributed by atoms with Gasteiger partial charge in [-0.1, -0.05) is 12.1 Å². The zero-order valence-corrected chi connectivity index (χ0v) is 16.9. The standard InChI is InChI=1S/C22H25FN4O3/c1-2-26-19-5-3-4-6-20(19)27(22(26)29)10-9-21(28)24-16-7-8-18(17(23)15-16)25-11-13-30-14-12-25/h3-8,15H,2,9-14H2,1H3,(H,24,28). The van der Waals surface area contributed by atoms with E-state index in [9.17, 15) is 14.0 Å². The number of ether oxygens (including phenoxy) is 1. The van der Waals surface area contributed by atoms with Gasteiger partial charge in [0.05, 0.1) is 29.9 Å². The molecule has 1 aliphatic rings. The van der Waals surface area contributed by atoms with Crippen LogP contribution in [0.15, 0.2) is 47.3 Å². The van der Waals surface area contributed by atoms with Crippen molar-refractivity contribution in [1.29, 1.82) is 0 Å². The maximum atomic E-state index is 14.5. The Morgan fingerprint density at radius 1 is 1.10 bits per heavy atom. The summed E-state index contributed by atoms with van der Waals surface area (Å²) in [6.45, 7) is 5.17. The van der Waals surface area contributed by atoms with Crippen LogP contribution >= 0.6 is 0 Å². The number of nitrogens with one attached hydrogen (secondary N) is 1. The van der Waals surface area contributed by atoms with Gasteiger partial charge in [0, 0.05) is 38.3 Å². The zero-order valence-electron chi connectivity index (χ0n) is 16.9. The summed E-state index contributed by atoms with van der Waals surface area (Å²) in [4.78, 5) is 27.0. The van der Waals surface area contributed by atoms with Crippen LogP contribution in [0, 0.1) is 5.82 Å². The molecule has 0 atom stereocenters. The molecule has 30 heavy (non-hydrogen) atoms. The normalized spacial score (nSPS) is 14.3. The lowest BCUT2D eigenvalue weighted by molar-refractivity contribution is -0.116. The van der Waals surface area contributed by atoms with Gasteiger partial charge in [0.1, 0.15) is 5.82 Å². The average molecular weight is 412 g/mol. The van der Waals surface area contributed by atoms with Crippen LogP contribution in [0.25, 0.3) is 11.0 Å². The molecule has 0 radical (unpaired) electrons. The number of anilines is 2. The average Bonchev–Trinajstić information content (AvgIpc) is 3.03. The third-order valence-corrected chi connectivity index (χ3v) is 5.39. The second-order valence-corrected chi connectivity index (χ2v) is 7.23. The maximum absolute atomic E-state index is 14.5. The molecule has 7 nitrogen and oxygen atoms in total. The molecule has 1 aromatic heterocycles. The van der Waals surface area contributed by atoms with Gasteiger partial charge in [0.25, 0.3) is 0 Å². The van der Waals surface area contributed by atoms with Crippen LogP contribution in [-0.2, 0) is 22.6 Å². The summed E-state index contributed by atoms with van der Waals surface area (Å²) in [7, 11) is 0. The molecule has 0 aliphatic carbocycles. The Morgan fingerprint density at radius 2 is 1.80 bits per heavy atom. The Hall–Kier alpha value is -3.13. The zero-order chi connectivity index (χ0) is 21.1. The van der Waals surface area contributed by atoms with Crippen molar-refractivity contribution in [3.63, 3.8) is 0 Å². The highest BCUT2D eigenvalue weighted by atomic mass is 19.1. The first-order chi connectivity index (χ1) is 14.6. The van der Waals surface area contributed by atoms with Gasteiger partial charge in [-0.15, -0.1) is 0 Å². The second-order valence-electron chi connectivity index (χ2n) is 7.23. The highest BCUT2D eigenvalue weighted by Crippen LogP contribution is 2.24. The molecule has 0 bridgehead atoms. The van der Waals surface area contributed by atoms with E-state index in [1.54, 1.807) is 21.3 Å². The van der Waals surface area contributed by atoms with Gasteiger partial charge < -0.3 is 15.0 Å². The van der Waals surface area contributed by atoms with E-state index >= 15 is 0 Å². The molecule has 1 saturated heterocycles. The van der Waals surface area contributed by atoms with Crippen molar-refractivity contribution in [2.45, 2.75) is 26.4 Å². The van der Waals surface area contributed by atoms with E-state index in [-0.39, 0.29) is 30.4 Å². The Labute approximate surface area is 173 Å². The molecule has 2 heterocycles. The highest BCUT2D eigenvalue weighted by Gasteiger charge is 2.16. The SMILES string of the molecule is CCn1c(=O)n(CCC(=O)Nc2ccc(N3CCOCC3)c(F)c2)c2ccccc21. The monoisotopic (exact) mass is 412 g/mol. The molecule has 0 spiro atoms. The topological polar surface area (TPSA) is 68.5 Å². The minimum atomic E-state index is -0.378. The van der Waals surface area contributed by atoms with E-state index in [0.29, 0.717) is 44.2 Å². The van der Waals surface area contributed by atoms with Crippen molar-refractivity contribution in [2.75, 3.05) is 36.5 Å². The lowest BCUT2D eigenvalue weighted by Gasteiger charge is -2.29. The number of aryl methyl sites for hydroxylation is 2. The summed E-state index contributed by atoms with van der Waals surface area (Å²) in [5, 5.41) is 2.73. The number of morpholine rings is 1. The van der Waals surface area contributed by atoms with Crippen LogP contribution in [0.4, 0.5) is 15.8 Å². The largest absolute Gasteiger partial charge is 0.378 e. The van der Waals surface area contributed by atoms with Crippen molar-refractivity contribution in [2.24, 2.45) is 0 Å². The first-order valence-electron chi connectivity index (χ1n) is 10.2. The van der Waals surface area contributed by atoms with Crippen LogP contribution < -0.4 is 15.9 Å². The first-order valence-corrected chi connectivity index (χ1v) is 10.2. The summed E-state index contributed by atoms with van der Waals surface area (Å²) < 4.78 is 23.1. The summed E-state index contributed by atoms with van der Waals surface area (Å²) in [5.41, 5.74) is 2.43. The molecule has 1 N–H and O–H groups in total. The fourth-order valence-corrected chi connectivity index (χ4v) is 3.88. The molecule has 1 aliphatic heterocycles. The minimum Gasteiger partial charge on any atom is -0.378 e. The van der Waals surface area contributed by atoms with Gasteiger partial charge in [-0.25, -0.2) is 9.18 Å². The lowest BCUT2D eigenvalue weighted by atomic mass is 10.2. The second kappa shape index (κ2) is 8.71. The predicted octanol–water partition coefficient (Wildman–Crippen LogP) is 2.83. The van der Waals surface area contributed by atoms with Gasteiger partial charge in [0.2, 0.25) is 5.91 Å². The summed E-state index contributed by atoms with van der Waals surface area (Å²) in [5.74, 6) is -0.648. The van der Waals surface area contributed by atoms with Crippen molar-refractivity contribution >= 4 is 28.3 Å². The molecule has 3 aromatic rings. The Kier molecular flexibility index (Phi) is 5.85. The lowest BCUT2D eigenvalue weighted by Crippen LogP contribution is -2.36. The maximum Gasteiger partial charge on any atom is 0.329 e. The number of para-hydroxylation sites is 2. The van der Waals surface area contributed by atoms with E-state index in [1.807, 2.05) is 36.1 Å². The van der Waals surface area contributed by atoms with Crippen LogP contribution in [0.5, 0.6) is 0 Å². The number of imidazole rings is 1. The van der Waals surface area contributed by atoms with E-state index in [4.69, 9.17) is 4.74 Å². The number of rotatable bonds is 6. The van der Waals surface area contributed by atoms with E-state index in [2.05, 4.69) is 5.32 Å². The van der Waals surface area contributed by atoms with Crippen LogP contribution in [-0.4, -0.2) is 41.3 Å². The van der Waals surface area contributed by atoms with Crippen molar-refractivity contribution in [1.82, 2.24) is 9.13 Å². The summed E-state index contributed by atoms with van der Waals surface area (Å²) >= 11 is 0. The minimum absolute atomic E-state index is 0.116. The number of hydrogen-bond acceptors (Lipinski definition) is 4. The van der Waals surface area contributed by atoms with Gasteiger partial charge in [-0.2, -0.15) is 0 Å². The number of carbonyl (C=O) groups is 1. The smallest absolute Gasteiger partial charge is 0.329 e. The molecule has 2 aromatic carbocycles. The van der Waals surface area contributed by atoms with Crippen molar-refractivity contribution in [3.05, 3.63) is 58.8 Å². The van der Waals surface area contributed by atoms with Crippen LogP contribution in [0.3, 0.4) is 0 Å². The number of aromatic nitrogens is 2. The third kappa shape index (κ3) is 3.95. The molecule has 158 valence electrons. The van der Waals surface area contributed by atoms with Gasteiger partial charge in [-0.3, -0.25) is 13.9 Å². The summed E-state index contributed by atoms with van der Waals surface area (Å²) in [6.07, 6.45) is 0.116. The molecule has 0 saturated carbocycles. The fraction of sp³-hybridized carbons (Fsp3) is 0.364. The fourth-order valence-electron chi connectivity index (χ4n) is 3.88. The summed E-state index contributed by atoms with van der Waals surface area (Å²) in [6, 6.07) is 12.2. The number of benzene rings is 2. The number of amides is 1. The molecule has 1 amide bonds. The van der Waals surface area contributed by atoms with Crippen LogP contribution in [0.2, 0.25) is 0 Å². The van der Waals surface area contributed by atoms with E-state index in [1.165, 1.54) is 6.07 Å². The number of halogens is 1. The number of nitrogens with zero attached hydrogens (tertiary/aromatic N) is 3. The van der Waals surface area contributed by atoms with Gasteiger partial charge in [0.15, 0.2) is 0 Å². The Bertz CT molecular complexity index is 1120. The van der Waals surface area contributed by atoms with Crippen LogP contribution in [0.1, 0.15) is 13.3 Å². The van der Waals surface area contributed by atoms with E-state index < -0.39 is 0 Å². The van der Waals surface area contributed by atoms with Crippen molar-refractivity contribution < 1.29 is 13.9 Å². The molecular weight excluding hydrogens is 387 g/mol. The number of carbonyl (C=O) groups excluding carboxylic acids is 1.